The van der Waals surface area contributed by atoms with Gasteiger partial charge in [-0.15, -0.1) is 0 Å². The van der Waals surface area contributed by atoms with Crippen LogP contribution in [0.1, 0.15) is 118 Å². The minimum atomic E-state index is -1.70. The first kappa shape index (κ1) is 79.5. The molecule has 540 valence electrons. The Balaban J connectivity index is 1.42. The lowest BCUT2D eigenvalue weighted by Crippen LogP contribution is -2.61. The number of hydrogen-bond donors (Lipinski definition) is 17. The summed E-state index contributed by atoms with van der Waals surface area (Å²) in [7, 11) is 0. The van der Waals surface area contributed by atoms with Crippen molar-refractivity contribution in [3.8, 4) is 5.75 Å². The van der Waals surface area contributed by atoms with Crippen molar-refractivity contribution in [1.82, 2.24) is 53.2 Å². The van der Waals surface area contributed by atoms with Crippen LogP contribution in [0, 0.1) is 11.8 Å². The van der Waals surface area contributed by atoms with Gasteiger partial charge in [-0.2, -0.15) is 0 Å². The molecule has 5 aromatic carbocycles. The van der Waals surface area contributed by atoms with Gasteiger partial charge < -0.3 is 89.8 Å². The SMILES string of the molecule is CC[C@H](C)[C@H](NC(=O)[C@H](CCNc1ccc2ccc3cccc4ccc1c2c34)NC(=O)[C@H](CCC(=O)O)NC(=O)[C@H](CCC(=O)O)NC(C)=O)C(=O)N[C@@H](Cc1ccc(O)cc1)C(=O)NCC(=O)N[C@@H](CCC(=O)O)C(=O)N[C@H](C(=O)N[C@@H](CCC(=O)O)C(=O)N[C@@H](C)C(N)=O)[C@@H](C)CC. The summed E-state index contributed by atoms with van der Waals surface area (Å²) >= 11 is 0. The summed E-state index contributed by atoms with van der Waals surface area (Å²) in [6, 6.07) is 9.21. The van der Waals surface area contributed by atoms with E-state index < -0.39 is 213 Å². The quantitative estimate of drug-likeness (QED) is 0.0241. The van der Waals surface area contributed by atoms with Gasteiger partial charge >= 0.3 is 23.9 Å². The highest BCUT2D eigenvalue weighted by atomic mass is 16.4. The molecule has 0 saturated heterocycles. The van der Waals surface area contributed by atoms with Crippen molar-refractivity contribution in [2.75, 3.05) is 18.4 Å². The first-order valence-corrected chi connectivity index (χ1v) is 32.6. The second-order valence-electron chi connectivity index (χ2n) is 24.5. The van der Waals surface area contributed by atoms with E-state index in [2.05, 4.69) is 58.5 Å². The number of aliphatic carboxylic acids is 4. The van der Waals surface area contributed by atoms with E-state index in [-0.39, 0.29) is 38.0 Å². The Morgan fingerprint density at radius 2 is 0.830 bits per heavy atom. The van der Waals surface area contributed by atoms with Crippen LogP contribution in [0.15, 0.2) is 78.9 Å². The van der Waals surface area contributed by atoms with Crippen LogP contribution in [0.3, 0.4) is 0 Å². The molecule has 0 radical (unpaired) electrons. The van der Waals surface area contributed by atoms with Crippen molar-refractivity contribution in [2.45, 2.75) is 173 Å². The maximum absolute atomic E-state index is 14.9. The van der Waals surface area contributed by atoms with Gasteiger partial charge in [0.25, 0.3) is 0 Å². The highest BCUT2D eigenvalue weighted by Gasteiger charge is 2.37. The first-order chi connectivity index (χ1) is 47.3. The molecule has 0 aliphatic heterocycles. The number of phenolic OH excluding ortho intramolecular Hbond substituents is 1. The number of nitrogens with two attached hydrogens (primary N) is 1. The fourth-order valence-electron chi connectivity index (χ4n) is 10.9. The molecule has 100 heavy (non-hydrogen) atoms. The van der Waals surface area contributed by atoms with Crippen LogP contribution in [0.5, 0.6) is 5.75 Å². The number of primary amides is 1. The average Bonchev–Trinajstić information content (AvgIpc) is 0.743. The zero-order valence-electron chi connectivity index (χ0n) is 56.2. The van der Waals surface area contributed by atoms with Crippen LogP contribution < -0.4 is 64.2 Å². The summed E-state index contributed by atoms with van der Waals surface area (Å²) in [4.78, 5) is 198. The molecular weight excluding hydrogens is 1300 g/mol. The number of carboxylic acid groups (broad SMARTS) is 4. The lowest BCUT2D eigenvalue weighted by Gasteiger charge is -2.29. The first-order valence-electron chi connectivity index (χ1n) is 32.6. The number of amides is 11. The molecule has 0 aliphatic rings. The number of carboxylic acids is 4. The van der Waals surface area contributed by atoms with Gasteiger partial charge in [-0.25, -0.2) is 0 Å². The number of aromatic hydroxyl groups is 1. The third kappa shape index (κ3) is 24.1. The zero-order chi connectivity index (χ0) is 74.1. The molecule has 32 heteroatoms. The van der Waals surface area contributed by atoms with Gasteiger partial charge in [0, 0.05) is 56.6 Å². The summed E-state index contributed by atoms with van der Waals surface area (Å²) in [6.45, 7) is 7.85. The number of carbonyl (C=O) groups excluding carboxylic acids is 11. The normalized spacial score (nSPS) is 14.5. The summed E-state index contributed by atoms with van der Waals surface area (Å²) in [5.41, 5.74) is 6.27. The molecule has 5 rings (SSSR count). The average molecular weight is 1390 g/mol. The van der Waals surface area contributed by atoms with Crippen LogP contribution in [-0.2, 0) is 78.3 Å². The summed E-state index contributed by atoms with van der Waals surface area (Å²) in [5, 5.41) is 81.8. The Morgan fingerprint density at radius 3 is 1.29 bits per heavy atom. The summed E-state index contributed by atoms with van der Waals surface area (Å²) in [6.07, 6.45) is -4.70. The lowest BCUT2D eigenvalue weighted by atomic mass is 9.93. The molecule has 18 N–H and O–H groups in total. The number of phenols is 1. The second-order valence-corrected chi connectivity index (χ2v) is 24.5. The number of hydrogen-bond acceptors (Lipinski definition) is 17. The number of nitrogens with one attached hydrogen (secondary N) is 11. The second kappa shape index (κ2) is 38.1. The van der Waals surface area contributed by atoms with Gasteiger partial charge in [-0.1, -0.05) is 101 Å². The lowest BCUT2D eigenvalue weighted by molar-refractivity contribution is -0.140. The third-order valence-corrected chi connectivity index (χ3v) is 16.9. The number of rotatable bonds is 42. The minimum absolute atomic E-state index is 0.0435. The van der Waals surface area contributed by atoms with Gasteiger partial charge in [-0.3, -0.25) is 71.9 Å². The molecule has 0 saturated carbocycles. The van der Waals surface area contributed by atoms with Crippen LogP contribution in [0.4, 0.5) is 5.69 Å². The van der Waals surface area contributed by atoms with Crippen LogP contribution in [0.2, 0.25) is 0 Å². The van der Waals surface area contributed by atoms with Gasteiger partial charge in [0.1, 0.15) is 60.1 Å². The van der Waals surface area contributed by atoms with Crippen molar-refractivity contribution in [3.05, 3.63) is 84.4 Å². The molecule has 0 unspecified atom stereocenters. The predicted octanol–water partition coefficient (Wildman–Crippen LogP) is 0.890. The van der Waals surface area contributed by atoms with E-state index in [0.29, 0.717) is 11.3 Å². The molecular formula is C68H88N12O20. The molecule has 32 nitrogen and oxygen atoms in total. The number of benzene rings is 5. The molecule has 5 aromatic rings. The number of carbonyl (C=O) groups is 15. The largest absolute Gasteiger partial charge is 0.508 e. The van der Waals surface area contributed by atoms with E-state index in [1.54, 1.807) is 27.7 Å². The molecule has 0 bridgehead atoms. The molecule has 0 fully saturated rings. The van der Waals surface area contributed by atoms with Gasteiger partial charge in [0.15, 0.2) is 0 Å². The topological polar surface area (TPSA) is 516 Å². The molecule has 0 spiro atoms. The van der Waals surface area contributed by atoms with E-state index in [1.165, 1.54) is 31.2 Å². The monoisotopic (exact) mass is 1390 g/mol. The van der Waals surface area contributed by atoms with Crippen molar-refractivity contribution >= 4 is 127 Å². The van der Waals surface area contributed by atoms with Crippen molar-refractivity contribution in [3.63, 3.8) is 0 Å². The molecule has 0 aliphatic carbocycles. The van der Waals surface area contributed by atoms with E-state index in [1.807, 2.05) is 54.6 Å². The minimum Gasteiger partial charge on any atom is -0.508 e. The van der Waals surface area contributed by atoms with E-state index in [9.17, 15) is 97.5 Å². The van der Waals surface area contributed by atoms with Crippen molar-refractivity contribution < 1.29 is 97.5 Å². The standard InChI is InChI=1S/C68H88N12O20/c1-7-34(3)58(67(99)77-47(24-28-54(88)89)62(94)72-36(5)60(69)92)79-65(97)46(23-27-53(86)87)74-51(83)33-71-61(93)50(32-38-12-18-42(82)19-13-38)78-68(100)59(35(4)8-2)80-66(98)49(76-64(96)48(25-29-55(90)91)75-63(95)45(73-37(6)81)22-26-52(84)85)30-31-70-44-21-17-41-15-14-39-10-9-11-40-16-20-43(44)57(41)56(39)40/h9-21,34-36,45-50,58-59,70,82H,7-8,22-33H2,1-6H3,(H2,69,92)(H,71,93)(H,72,94)(H,73,81)(H,74,83)(H,75,95)(H,76,96)(H,77,99)(H,78,100)(H,79,97)(H,80,98)(H,84,85)(H,86,87)(H,88,89)(H,90,91)/t34-,35-,36-,45-,46-,47-,48-,49-,50-,58-,59-/m0/s1. The van der Waals surface area contributed by atoms with Crippen LogP contribution in [0.25, 0.3) is 32.3 Å². The highest BCUT2D eigenvalue weighted by Crippen LogP contribution is 2.37. The predicted molar refractivity (Wildman–Crippen MR) is 362 cm³/mol. The Hall–Kier alpha value is -11.2. The Labute approximate surface area is 574 Å². The van der Waals surface area contributed by atoms with Gasteiger partial charge in [0.2, 0.25) is 65.0 Å². The van der Waals surface area contributed by atoms with E-state index in [4.69, 9.17) is 5.73 Å². The maximum Gasteiger partial charge on any atom is 0.303 e. The van der Waals surface area contributed by atoms with E-state index >= 15 is 0 Å². The summed E-state index contributed by atoms with van der Waals surface area (Å²) < 4.78 is 0. The summed E-state index contributed by atoms with van der Waals surface area (Å²) in [5.74, 6) is -17.9. The molecule has 11 atom stereocenters. The van der Waals surface area contributed by atoms with Crippen molar-refractivity contribution in [2.24, 2.45) is 17.6 Å². The Bertz CT molecular complexity index is 3800. The maximum atomic E-state index is 14.9. The van der Waals surface area contributed by atoms with E-state index in [0.717, 1.165) is 39.2 Å². The third-order valence-electron chi connectivity index (χ3n) is 16.9. The number of anilines is 1. The smallest absolute Gasteiger partial charge is 0.303 e. The molecule has 0 aromatic heterocycles. The van der Waals surface area contributed by atoms with Crippen molar-refractivity contribution in [1.29, 1.82) is 0 Å². The van der Waals surface area contributed by atoms with Gasteiger partial charge in [-0.05, 0) is 102 Å². The van der Waals surface area contributed by atoms with Gasteiger partial charge in [0.05, 0.1) is 6.54 Å². The molecule has 0 heterocycles. The Kier molecular flexibility index (Phi) is 30.3. The fourth-order valence-corrected chi connectivity index (χ4v) is 10.9. The highest BCUT2D eigenvalue weighted by molar-refractivity contribution is 6.25. The molecule has 11 amide bonds. The van der Waals surface area contributed by atoms with Crippen LogP contribution in [-0.4, -0.2) is 182 Å². The Morgan fingerprint density at radius 1 is 0.430 bits per heavy atom. The van der Waals surface area contributed by atoms with Crippen LogP contribution >= 0.6 is 0 Å². The fraction of sp³-hybridized carbons (Fsp3) is 0.456. The zero-order valence-corrected chi connectivity index (χ0v) is 56.2.